The summed E-state index contributed by atoms with van der Waals surface area (Å²) in [5.74, 6) is 0. The third-order valence-corrected chi connectivity index (χ3v) is 3.26. The summed E-state index contributed by atoms with van der Waals surface area (Å²) in [4.78, 5) is 15.4. The quantitative estimate of drug-likeness (QED) is 0.787. The summed E-state index contributed by atoms with van der Waals surface area (Å²) in [5.41, 5.74) is 0.405. The van der Waals surface area contributed by atoms with Gasteiger partial charge in [0, 0.05) is 29.6 Å². The highest BCUT2D eigenvalue weighted by Crippen LogP contribution is 2.34. The van der Waals surface area contributed by atoms with Crippen molar-refractivity contribution in [3.05, 3.63) is 70.8 Å². The molecule has 1 N–H and O–H groups in total. The van der Waals surface area contributed by atoms with Crippen LogP contribution in [-0.4, -0.2) is 15.2 Å². The van der Waals surface area contributed by atoms with Crippen LogP contribution in [0.15, 0.2) is 59.7 Å². The largest absolute Gasteiger partial charge is 0.416 e. The monoisotopic (exact) mass is 317 g/mol. The molecule has 116 valence electrons. The number of benzene rings is 1. The SMILES string of the molecule is O=c1cc(-c2ccncc2)c(-c2cccc(C(F)(F)F)c2)n[nH]1. The summed E-state index contributed by atoms with van der Waals surface area (Å²) in [6, 6.07) is 9.44. The maximum Gasteiger partial charge on any atom is 0.416 e. The fourth-order valence-electron chi connectivity index (χ4n) is 2.22. The molecule has 0 aliphatic heterocycles. The van der Waals surface area contributed by atoms with E-state index in [0.717, 1.165) is 12.1 Å². The van der Waals surface area contributed by atoms with Gasteiger partial charge in [-0.25, -0.2) is 5.10 Å². The topological polar surface area (TPSA) is 58.6 Å². The molecule has 1 aromatic carbocycles. The van der Waals surface area contributed by atoms with Crippen molar-refractivity contribution in [3.63, 3.8) is 0 Å². The van der Waals surface area contributed by atoms with Gasteiger partial charge in [-0.3, -0.25) is 9.78 Å². The van der Waals surface area contributed by atoms with Crippen LogP contribution >= 0.6 is 0 Å². The average Bonchev–Trinajstić information content (AvgIpc) is 2.55. The van der Waals surface area contributed by atoms with Crippen molar-refractivity contribution < 1.29 is 13.2 Å². The average molecular weight is 317 g/mol. The van der Waals surface area contributed by atoms with Crippen LogP contribution in [0.1, 0.15) is 5.56 Å². The van der Waals surface area contributed by atoms with Gasteiger partial charge < -0.3 is 0 Å². The van der Waals surface area contributed by atoms with Gasteiger partial charge in [0.15, 0.2) is 0 Å². The Kier molecular flexibility index (Phi) is 3.69. The minimum absolute atomic E-state index is 0.266. The van der Waals surface area contributed by atoms with E-state index < -0.39 is 17.3 Å². The lowest BCUT2D eigenvalue weighted by Gasteiger charge is -2.11. The molecule has 3 rings (SSSR count). The highest BCUT2D eigenvalue weighted by atomic mass is 19.4. The number of H-pyrrole nitrogens is 1. The second-order valence-corrected chi connectivity index (χ2v) is 4.81. The smallest absolute Gasteiger partial charge is 0.268 e. The molecule has 0 fully saturated rings. The molecule has 0 unspecified atom stereocenters. The van der Waals surface area contributed by atoms with Gasteiger partial charge in [-0.05, 0) is 29.8 Å². The molecule has 0 saturated carbocycles. The first-order valence-electron chi connectivity index (χ1n) is 6.63. The summed E-state index contributed by atoms with van der Waals surface area (Å²) in [7, 11) is 0. The van der Waals surface area contributed by atoms with E-state index in [1.54, 1.807) is 12.1 Å². The van der Waals surface area contributed by atoms with Crippen molar-refractivity contribution in [2.45, 2.75) is 6.18 Å². The Morgan fingerprint density at radius 2 is 1.70 bits per heavy atom. The zero-order valence-corrected chi connectivity index (χ0v) is 11.6. The standard InChI is InChI=1S/C16H10F3N3O/c17-16(18,19)12-3-1-2-11(8-12)15-13(9-14(23)21-22-15)10-4-6-20-7-5-10/h1-9H,(H,21,23). The molecule has 0 atom stereocenters. The van der Waals surface area contributed by atoms with E-state index in [1.165, 1.54) is 30.6 Å². The highest BCUT2D eigenvalue weighted by molar-refractivity contribution is 5.80. The van der Waals surface area contributed by atoms with Crippen LogP contribution in [0.5, 0.6) is 0 Å². The number of halogens is 3. The Morgan fingerprint density at radius 3 is 2.39 bits per heavy atom. The van der Waals surface area contributed by atoms with Gasteiger partial charge >= 0.3 is 6.18 Å². The van der Waals surface area contributed by atoms with E-state index >= 15 is 0 Å². The van der Waals surface area contributed by atoms with E-state index in [-0.39, 0.29) is 11.3 Å². The van der Waals surface area contributed by atoms with Gasteiger partial charge in [-0.15, -0.1) is 0 Å². The summed E-state index contributed by atoms with van der Waals surface area (Å²) < 4.78 is 38.7. The lowest BCUT2D eigenvalue weighted by atomic mass is 9.99. The lowest BCUT2D eigenvalue weighted by molar-refractivity contribution is -0.137. The molecule has 0 aliphatic carbocycles. The van der Waals surface area contributed by atoms with Gasteiger partial charge in [0.2, 0.25) is 0 Å². The predicted molar refractivity (Wildman–Crippen MR) is 78.5 cm³/mol. The third-order valence-electron chi connectivity index (χ3n) is 3.26. The highest BCUT2D eigenvalue weighted by Gasteiger charge is 2.30. The van der Waals surface area contributed by atoms with Crippen molar-refractivity contribution >= 4 is 0 Å². The minimum Gasteiger partial charge on any atom is -0.268 e. The number of pyridine rings is 1. The number of hydrogen-bond donors (Lipinski definition) is 1. The Labute approximate surface area is 128 Å². The van der Waals surface area contributed by atoms with Crippen LogP contribution in [0.4, 0.5) is 13.2 Å². The predicted octanol–water partition coefficient (Wildman–Crippen LogP) is 3.52. The molecule has 0 aliphatic rings. The molecule has 0 radical (unpaired) electrons. The van der Waals surface area contributed by atoms with Gasteiger partial charge in [0.1, 0.15) is 0 Å². The van der Waals surface area contributed by atoms with Crippen LogP contribution in [0.2, 0.25) is 0 Å². The molecular formula is C16H10F3N3O. The third kappa shape index (κ3) is 3.13. The summed E-state index contributed by atoms with van der Waals surface area (Å²) >= 11 is 0. The number of aromatic nitrogens is 3. The Morgan fingerprint density at radius 1 is 0.957 bits per heavy atom. The molecule has 0 amide bonds. The fraction of sp³-hybridized carbons (Fsp3) is 0.0625. The molecule has 0 bridgehead atoms. The first-order valence-corrected chi connectivity index (χ1v) is 6.63. The van der Waals surface area contributed by atoms with Gasteiger partial charge in [0.05, 0.1) is 11.3 Å². The number of nitrogens with one attached hydrogen (secondary N) is 1. The van der Waals surface area contributed by atoms with Crippen molar-refractivity contribution in [1.82, 2.24) is 15.2 Å². The Hall–Kier alpha value is -2.96. The second kappa shape index (κ2) is 5.68. The number of aromatic amines is 1. The molecule has 23 heavy (non-hydrogen) atoms. The number of rotatable bonds is 2. The van der Waals surface area contributed by atoms with E-state index in [0.29, 0.717) is 11.1 Å². The van der Waals surface area contributed by atoms with E-state index in [1.807, 2.05) is 0 Å². The summed E-state index contributed by atoms with van der Waals surface area (Å²) in [6.45, 7) is 0. The summed E-state index contributed by atoms with van der Waals surface area (Å²) in [5, 5.41) is 6.19. The van der Waals surface area contributed by atoms with Crippen LogP contribution in [-0.2, 0) is 6.18 Å². The molecule has 3 aromatic rings. The van der Waals surface area contributed by atoms with Crippen LogP contribution in [0.3, 0.4) is 0 Å². The molecule has 4 nitrogen and oxygen atoms in total. The van der Waals surface area contributed by atoms with Crippen LogP contribution in [0, 0.1) is 0 Å². The minimum atomic E-state index is -4.45. The van der Waals surface area contributed by atoms with E-state index in [9.17, 15) is 18.0 Å². The number of nitrogens with zero attached hydrogens (tertiary/aromatic N) is 2. The Balaban J connectivity index is 2.20. The number of alkyl halides is 3. The second-order valence-electron chi connectivity index (χ2n) is 4.81. The zero-order valence-electron chi connectivity index (χ0n) is 11.6. The first kappa shape index (κ1) is 15.0. The van der Waals surface area contributed by atoms with E-state index in [2.05, 4.69) is 15.2 Å². The van der Waals surface area contributed by atoms with Crippen LogP contribution in [0.25, 0.3) is 22.4 Å². The van der Waals surface area contributed by atoms with Crippen molar-refractivity contribution in [2.24, 2.45) is 0 Å². The zero-order chi connectivity index (χ0) is 16.4. The van der Waals surface area contributed by atoms with Crippen molar-refractivity contribution in [1.29, 1.82) is 0 Å². The van der Waals surface area contributed by atoms with Crippen molar-refractivity contribution in [3.8, 4) is 22.4 Å². The van der Waals surface area contributed by atoms with Crippen LogP contribution < -0.4 is 5.56 Å². The fourth-order valence-corrected chi connectivity index (χ4v) is 2.22. The molecule has 0 saturated heterocycles. The summed E-state index contributed by atoms with van der Waals surface area (Å²) in [6.07, 6.45) is -1.38. The maximum absolute atomic E-state index is 12.9. The normalized spacial score (nSPS) is 11.4. The van der Waals surface area contributed by atoms with Gasteiger partial charge in [-0.2, -0.15) is 18.3 Å². The molecule has 2 heterocycles. The molecule has 7 heteroatoms. The first-order chi connectivity index (χ1) is 10.9. The lowest BCUT2D eigenvalue weighted by Crippen LogP contribution is -2.09. The molecule has 2 aromatic heterocycles. The molecule has 0 spiro atoms. The molecular weight excluding hydrogens is 307 g/mol. The van der Waals surface area contributed by atoms with Gasteiger partial charge in [-0.1, -0.05) is 12.1 Å². The van der Waals surface area contributed by atoms with Crippen molar-refractivity contribution in [2.75, 3.05) is 0 Å². The number of hydrogen-bond acceptors (Lipinski definition) is 3. The Bertz CT molecular complexity index is 889. The van der Waals surface area contributed by atoms with E-state index in [4.69, 9.17) is 0 Å². The van der Waals surface area contributed by atoms with Gasteiger partial charge in [0.25, 0.3) is 5.56 Å². The maximum atomic E-state index is 12.9.